The SMILES string of the molecule is C.CCOC(=O)C1=C([N+](=O)[O-])C=NC1.O=C(O)C1=C([N+](=O)[O-])C=NC1.[HH]. The Bertz CT molecular complexity index is 711. The molecule has 2 aliphatic heterocycles. The van der Waals surface area contributed by atoms with Gasteiger partial charge in [0.05, 0.1) is 29.5 Å². The van der Waals surface area contributed by atoms with E-state index in [0.717, 1.165) is 12.4 Å². The molecular formula is C13H18N4O8. The lowest BCUT2D eigenvalue weighted by Gasteiger charge is -1.99. The van der Waals surface area contributed by atoms with Gasteiger partial charge in [0.1, 0.15) is 23.6 Å². The summed E-state index contributed by atoms with van der Waals surface area (Å²) in [5, 5.41) is 28.9. The molecule has 0 unspecified atom stereocenters. The van der Waals surface area contributed by atoms with Crippen LogP contribution in [0.2, 0.25) is 0 Å². The summed E-state index contributed by atoms with van der Waals surface area (Å²) >= 11 is 0. The van der Waals surface area contributed by atoms with Crippen LogP contribution in [0.1, 0.15) is 15.8 Å². The van der Waals surface area contributed by atoms with E-state index in [4.69, 9.17) is 5.11 Å². The number of nitrogens with zero attached hydrogens (tertiary/aromatic N) is 4. The van der Waals surface area contributed by atoms with Crippen LogP contribution in [0, 0.1) is 20.2 Å². The van der Waals surface area contributed by atoms with Crippen LogP contribution in [0.4, 0.5) is 0 Å². The molecule has 2 heterocycles. The second-order valence-electron chi connectivity index (χ2n) is 4.21. The number of carbonyl (C=O) groups is 2. The molecule has 0 fully saturated rings. The van der Waals surface area contributed by atoms with Gasteiger partial charge < -0.3 is 9.84 Å². The zero-order valence-corrected chi connectivity index (χ0v) is 12.4. The first-order valence-electron chi connectivity index (χ1n) is 6.44. The predicted octanol–water partition coefficient (Wildman–Crippen LogP) is 0.733. The number of carboxylic acids is 1. The van der Waals surface area contributed by atoms with E-state index in [1.807, 2.05) is 0 Å². The molecule has 12 nitrogen and oxygen atoms in total. The number of aliphatic imine (C=N–C) groups is 2. The fraction of sp³-hybridized carbons (Fsp3) is 0.385. The number of carbonyl (C=O) groups excluding carboxylic acids is 1. The maximum absolute atomic E-state index is 11.1. The Morgan fingerprint density at radius 2 is 1.60 bits per heavy atom. The lowest BCUT2D eigenvalue weighted by atomic mass is 10.2. The van der Waals surface area contributed by atoms with Gasteiger partial charge in [-0.3, -0.25) is 30.2 Å². The van der Waals surface area contributed by atoms with Crippen LogP contribution in [0.15, 0.2) is 32.5 Å². The Morgan fingerprint density at radius 1 is 1.16 bits per heavy atom. The van der Waals surface area contributed by atoms with E-state index in [-0.39, 0.29) is 45.4 Å². The Labute approximate surface area is 143 Å². The molecule has 0 amide bonds. The summed E-state index contributed by atoms with van der Waals surface area (Å²) in [6.45, 7) is 1.77. The molecule has 0 spiro atoms. The van der Waals surface area contributed by atoms with Gasteiger partial charge in [-0.05, 0) is 6.92 Å². The van der Waals surface area contributed by atoms with Gasteiger partial charge in [-0.15, -0.1) is 0 Å². The quantitative estimate of drug-likeness (QED) is 0.425. The standard InChI is InChI=1S/C7H8N2O4.C5H4N2O4.CH4.H2/c1-2-13-7(10)5-3-8-4-6(5)9(11)12;8-5(9)3-1-6-2-4(3)7(10)11;;/h4H,2-3H2,1H3;2H,1H2,(H,8,9);1H4;1H. The molecule has 0 bridgehead atoms. The van der Waals surface area contributed by atoms with E-state index in [9.17, 15) is 29.8 Å². The summed E-state index contributed by atoms with van der Waals surface area (Å²) in [7, 11) is 0. The van der Waals surface area contributed by atoms with Crippen molar-refractivity contribution in [1.29, 1.82) is 0 Å². The highest BCUT2D eigenvalue weighted by atomic mass is 16.6. The third-order valence-corrected chi connectivity index (χ3v) is 2.72. The van der Waals surface area contributed by atoms with Crippen molar-refractivity contribution in [2.45, 2.75) is 14.4 Å². The largest absolute Gasteiger partial charge is 0.478 e. The first-order chi connectivity index (χ1) is 11.3. The van der Waals surface area contributed by atoms with E-state index < -0.39 is 27.5 Å². The monoisotopic (exact) mass is 358 g/mol. The zero-order chi connectivity index (χ0) is 18.3. The lowest BCUT2D eigenvalue weighted by molar-refractivity contribution is -0.414. The number of esters is 1. The Kier molecular flexibility index (Phi) is 8.32. The van der Waals surface area contributed by atoms with Crippen molar-refractivity contribution in [3.05, 3.63) is 42.8 Å². The average molecular weight is 358 g/mol. The summed E-state index contributed by atoms with van der Waals surface area (Å²) in [5.41, 5.74) is -0.919. The number of ether oxygens (including phenoxy) is 1. The van der Waals surface area contributed by atoms with Gasteiger partial charge in [-0.1, -0.05) is 7.43 Å². The molecule has 0 aliphatic carbocycles. The van der Waals surface area contributed by atoms with Crippen LogP contribution in [0.5, 0.6) is 0 Å². The van der Waals surface area contributed by atoms with Crippen molar-refractivity contribution < 1.29 is 30.7 Å². The van der Waals surface area contributed by atoms with E-state index in [2.05, 4.69) is 14.7 Å². The number of hydrogen-bond donors (Lipinski definition) is 1. The van der Waals surface area contributed by atoms with Crippen LogP contribution in [0.25, 0.3) is 0 Å². The molecule has 25 heavy (non-hydrogen) atoms. The number of allylic oxidation sites excluding steroid dienone is 2. The van der Waals surface area contributed by atoms with Crippen molar-refractivity contribution >= 4 is 24.4 Å². The van der Waals surface area contributed by atoms with E-state index >= 15 is 0 Å². The van der Waals surface area contributed by atoms with Crippen LogP contribution in [0.3, 0.4) is 0 Å². The van der Waals surface area contributed by atoms with Crippen molar-refractivity contribution in [2.75, 3.05) is 19.7 Å². The van der Waals surface area contributed by atoms with Crippen LogP contribution < -0.4 is 0 Å². The maximum atomic E-state index is 11.1. The third kappa shape index (κ3) is 5.60. The number of hydrogen-bond acceptors (Lipinski definition) is 9. The maximum Gasteiger partial charge on any atom is 0.342 e. The third-order valence-electron chi connectivity index (χ3n) is 2.72. The van der Waals surface area contributed by atoms with E-state index in [1.165, 1.54) is 0 Å². The molecule has 2 aliphatic rings. The second-order valence-corrected chi connectivity index (χ2v) is 4.21. The van der Waals surface area contributed by atoms with Crippen molar-refractivity contribution in [3.63, 3.8) is 0 Å². The minimum Gasteiger partial charge on any atom is -0.478 e. The molecule has 0 saturated carbocycles. The van der Waals surface area contributed by atoms with E-state index in [1.54, 1.807) is 6.92 Å². The average Bonchev–Trinajstić information content (AvgIpc) is 3.17. The highest BCUT2D eigenvalue weighted by molar-refractivity contribution is 5.98. The van der Waals surface area contributed by atoms with Gasteiger partial charge >= 0.3 is 11.9 Å². The molecule has 0 radical (unpaired) electrons. The van der Waals surface area contributed by atoms with E-state index in [0.29, 0.717) is 0 Å². The summed E-state index contributed by atoms with van der Waals surface area (Å²) < 4.78 is 4.62. The van der Waals surface area contributed by atoms with Crippen LogP contribution in [-0.2, 0) is 14.3 Å². The first kappa shape index (κ1) is 21.6. The number of nitro groups is 2. The van der Waals surface area contributed by atoms with Gasteiger partial charge in [-0.2, -0.15) is 0 Å². The summed E-state index contributed by atoms with van der Waals surface area (Å²) in [6.07, 6.45) is 2.04. The Morgan fingerprint density at radius 3 is 1.96 bits per heavy atom. The second kappa shape index (κ2) is 9.64. The highest BCUT2D eigenvalue weighted by Gasteiger charge is 2.27. The molecule has 0 aromatic rings. The molecule has 0 atom stereocenters. The summed E-state index contributed by atoms with van der Waals surface area (Å²) in [4.78, 5) is 47.6. The predicted molar refractivity (Wildman–Crippen MR) is 87.9 cm³/mol. The number of carboxylic acid groups (broad SMARTS) is 1. The molecule has 138 valence electrons. The molecule has 0 saturated heterocycles. The van der Waals surface area contributed by atoms with Gasteiger partial charge in [0.25, 0.3) is 11.4 Å². The van der Waals surface area contributed by atoms with Crippen LogP contribution >= 0.6 is 0 Å². The van der Waals surface area contributed by atoms with Gasteiger partial charge in [0.15, 0.2) is 0 Å². The zero-order valence-electron chi connectivity index (χ0n) is 12.4. The molecule has 2 rings (SSSR count). The first-order valence-corrected chi connectivity index (χ1v) is 6.44. The molecule has 0 aromatic carbocycles. The summed E-state index contributed by atoms with van der Waals surface area (Å²) in [5.74, 6) is -1.94. The van der Waals surface area contributed by atoms with Gasteiger partial charge in [0.2, 0.25) is 0 Å². The molecule has 12 heteroatoms. The fourth-order valence-electron chi connectivity index (χ4n) is 1.64. The van der Waals surface area contributed by atoms with Gasteiger partial charge in [0, 0.05) is 1.43 Å². The topological polar surface area (TPSA) is 175 Å². The molecular weight excluding hydrogens is 340 g/mol. The highest BCUT2D eigenvalue weighted by Crippen LogP contribution is 2.12. The van der Waals surface area contributed by atoms with Crippen molar-refractivity contribution in [2.24, 2.45) is 9.98 Å². The van der Waals surface area contributed by atoms with Gasteiger partial charge in [-0.25, -0.2) is 9.59 Å². The minimum absolute atomic E-state index is 0. The molecule has 0 aromatic heterocycles. The van der Waals surface area contributed by atoms with Crippen molar-refractivity contribution in [1.82, 2.24) is 0 Å². The molecule has 1 N–H and O–H groups in total. The number of rotatable bonds is 5. The summed E-state index contributed by atoms with van der Waals surface area (Å²) in [6, 6.07) is 0. The van der Waals surface area contributed by atoms with Crippen molar-refractivity contribution in [3.8, 4) is 0 Å². The Hall–Kier alpha value is -3.44. The fourth-order valence-corrected chi connectivity index (χ4v) is 1.64. The Balaban J connectivity index is 0. The smallest absolute Gasteiger partial charge is 0.342 e. The van der Waals surface area contributed by atoms with Crippen LogP contribution in [-0.4, -0.2) is 59.0 Å². The minimum atomic E-state index is -1.28. The number of aliphatic carboxylic acids is 1. The normalized spacial score (nSPS) is 14.6. The lowest BCUT2D eigenvalue weighted by Crippen LogP contribution is -2.13.